The number of aliphatic hydroxyl groups excluding tert-OH is 1. The third-order valence-corrected chi connectivity index (χ3v) is 6.32. The first-order valence-electron chi connectivity index (χ1n) is 12.2. The minimum Gasteiger partial charge on any atom is -0.496 e. The molecule has 0 radical (unpaired) electrons. The quantitative estimate of drug-likeness (QED) is 0.345. The van der Waals surface area contributed by atoms with E-state index in [-0.39, 0.29) is 25.1 Å². The molecule has 2 N–H and O–H groups in total. The Bertz CT molecular complexity index is 1390. The summed E-state index contributed by atoms with van der Waals surface area (Å²) in [5.41, 5.74) is 5.21. The van der Waals surface area contributed by atoms with Gasteiger partial charge < -0.3 is 15.2 Å². The van der Waals surface area contributed by atoms with Crippen LogP contribution in [0.3, 0.4) is 0 Å². The molecule has 8 heteroatoms. The Morgan fingerprint density at radius 2 is 1.73 bits per heavy atom. The van der Waals surface area contributed by atoms with Crippen LogP contribution in [0.15, 0.2) is 96.2 Å². The molecular formula is C29H29N5O3. The summed E-state index contributed by atoms with van der Waals surface area (Å²) >= 11 is 0. The van der Waals surface area contributed by atoms with E-state index in [4.69, 9.17) is 20.0 Å². The van der Waals surface area contributed by atoms with Gasteiger partial charge in [-0.05, 0) is 24.3 Å². The van der Waals surface area contributed by atoms with Crippen LogP contribution in [0.25, 0.3) is 16.9 Å². The second kappa shape index (κ2) is 11.2. The van der Waals surface area contributed by atoms with Gasteiger partial charge in [-0.25, -0.2) is 9.69 Å². The molecule has 0 bridgehead atoms. The predicted molar refractivity (Wildman–Crippen MR) is 143 cm³/mol. The summed E-state index contributed by atoms with van der Waals surface area (Å²) in [5.74, 6) is 0.519. The largest absolute Gasteiger partial charge is 0.496 e. The lowest BCUT2D eigenvalue weighted by Crippen LogP contribution is -2.36. The van der Waals surface area contributed by atoms with Crippen LogP contribution in [0.5, 0.6) is 5.75 Å². The Labute approximate surface area is 215 Å². The van der Waals surface area contributed by atoms with Gasteiger partial charge in [0.05, 0.1) is 43.4 Å². The zero-order valence-corrected chi connectivity index (χ0v) is 20.6. The van der Waals surface area contributed by atoms with E-state index in [2.05, 4.69) is 5.32 Å². The molecule has 1 aromatic heterocycles. The van der Waals surface area contributed by atoms with Crippen LogP contribution in [0.2, 0.25) is 0 Å². The van der Waals surface area contributed by atoms with Crippen LogP contribution < -0.4 is 10.1 Å². The Morgan fingerprint density at radius 1 is 1.03 bits per heavy atom. The zero-order valence-electron chi connectivity index (χ0n) is 20.6. The maximum Gasteiger partial charge on any atom is 0.257 e. The number of hydrazone groups is 1. The molecule has 1 aliphatic rings. The SMILES string of the molecule is COc1ccccc1C1=NN(C(=O)CNCCO)[C@@H](c2cn(-c3ccccc3)nc2-c2ccccc2)C1. The Balaban J connectivity index is 1.59. The summed E-state index contributed by atoms with van der Waals surface area (Å²) in [6.07, 6.45) is 2.50. The van der Waals surface area contributed by atoms with Gasteiger partial charge in [0.25, 0.3) is 5.91 Å². The van der Waals surface area contributed by atoms with Gasteiger partial charge in [-0.15, -0.1) is 0 Å². The summed E-state index contributed by atoms with van der Waals surface area (Å²) in [7, 11) is 1.63. The number of hydrogen-bond donors (Lipinski definition) is 2. The first kappa shape index (κ1) is 24.4. The van der Waals surface area contributed by atoms with Crippen molar-refractivity contribution in [1.29, 1.82) is 0 Å². The van der Waals surface area contributed by atoms with E-state index in [9.17, 15) is 4.79 Å². The fourth-order valence-corrected chi connectivity index (χ4v) is 4.55. The van der Waals surface area contributed by atoms with Crippen molar-refractivity contribution in [2.75, 3.05) is 26.8 Å². The number of nitrogens with one attached hydrogen (secondary N) is 1. The molecule has 0 unspecified atom stereocenters. The third-order valence-electron chi connectivity index (χ3n) is 6.32. The highest BCUT2D eigenvalue weighted by atomic mass is 16.5. The maximum absolute atomic E-state index is 13.4. The van der Waals surface area contributed by atoms with Gasteiger partial charge in [0.1, 0.15) is 5.75 Å². The molecule has 188 valence electrons. The molecule has 2 heterocycles. The van der Waals surface area contributed by atoms with Crippen molar-refractivity contribution < 1.29 is 14.6 Å². The fourth-order valence-electron chi connectivity index (χ4n) is 4.55. The van der Waals surface area contributed by atoms with Crippen molar-refractivity contribution in [2.45, 2.75) is 12.5 Å². The summed E-state index contributed by atoms with van der Waals surface area (Å²) in [6, 6.07) is 27.2. The number of carbonyl (C=O) groups excluding carboxylic acids is 1. The molecule has 37 heavy (non-hydrogen) atoms. The lowest BCUT2D eigenvalue weighted by atomic mass is 9.96. The van der Waals surface area contributed by atoms with Crippen molar-refractivity contribution in [3.63, 3.8) is 0 Å². The molecule has 4 aromatic rings. The maximum atomic E-state index is 13.4. The smallest absolute Gasteiger partial charge is 0.257 e. The molecule has 0 saturated heterocycles. The van der Waals surface area contributed by atoms with Crippen LogP contribution in [-0.2, 0) is 4.79 Å². The van der Waals surface area contributed by atoms with Crippen LogP contribution >= 0.6 is 0 Å². The summed E-state index contributed by atoms with van der Waals surface area (Å²) in [6.45, 7) is 0.343. The molecule has 0 aliphatic carbocycles. The number of amides is 1. The van der Waals surface area contributed by atoms with E-state index in [0.29, 0.717) is 18.7 Å². The Morgan fingerprint density at radius 3 is 2.46 bits per heavy atom. The van der Waals surface area contributed by atoms with Crippen LogP contribution in [0.1, 0.15) is 23.6 Å². The van der Waals surface area contributed by atoms with E-state index in [0.717, 1.165) is 33.8 Å². The van der Waals surface area contributed by atoms with Crippen LogP contribution in [0.4, 0.5) is 0 Å². The number of nitrogens with zero attached hydrogens (tertiary/aromatic N) is 4. The zero-order chi connectivity index (χ0) is 25.6. The highest BCUT2D eigenvalue weighted by Crippen LogP contribution is 2.39. The number of rotatable bonds is 9. The average Bonchev–Trinajstić information content (AvgIpc) is 3.59. The van der Waals surface area contributed by atoms with Gasteiger partial charge in [-0.1, -0.05) is 60.7 Å². The number of methoxy groups -OCH3 is 1. The number of aliphatic hydroxyl groups is 1. The third kappa shape index (κ3) is 5.16. The first-order valence-corrected chi connectivity index (χ1v) is 12.2. The molecule has 8 nitrogen and oxygen atoms in total. The normalized spacial score (nSPS) is 15.0. The van der Waals surface area contributed by atoms with Crippen LogP contribution in [0, 0.1) is 0 Å². The molecule has 1 aliphatic heterocycles. The summed E-state index contributed by atoms with van der Waals surface area (Å²) in [5, 5.41) is 23.4. The number of benzene rings is 3. The van der Waals surface area contributed by atoms with Gasteiger partial charge in [-0.3, -0.25) is 4.79 Å². The fraction of sp³-hybridized carbons (Fsp3) is 0.207. The van der Waals surface area contributed by atoms with E-state index in [1.54, 1.807) is 12.1 Å². The van der Waals surface area contributed by atoms with Crippen molar-refractivity contribution in [3.05, 3.63) is 102 Å². The Kier molecular flexibility index (Phi) is 7.39. The molecule has 5 rings (SSSR count). The standard InChI is InChI=1S/C29H29N5O3/c1-37-27-15-9-8-14-23(27)25-18-26(34(31-25)28(36)19-30-16-17-35)24-20-33(22-12-6-3-7-13-22)32-29(24)21-10-4-2-5-11-21/h2-15,20,26,30,35H,16-19H2,1H3/t26-/m1/s1. The van der Waals surface area contributed by atoms with E-state index in [1.807, 2.05) is 95.8 Å². The molecule has 0 spiro atoms. The minimum absolute atomic E-state index is 0.0472. The lowest BCUT2D eigenvalue weighted by Gasteiger charge is -2.22. The molecule has 1 amide bonds. The van der Waals surface area contributed by atoms with E-state index in [1.165, 1.54) is 0 Å². The number of ether oxygens (including phenoxy) is 1. The first-order chi connectivity index (χ1) is 18.2. The monoisotopic (exact) mass is 495 g/mol. The predicted octanol–water partition coefficient (Wildman–Crippen LogP) is 3.81. The highest BCUT2D eigenvalue weighted by molar-refractivity contribution is 6.05. The van der Waals surface area contributed by atoms with Crippen molar-refractivity contribution in [3.8, 4) is 22.7 Å². The lowest BCUT2D eigenvalue weighted by molar-refractivity contribution is -0.132. The van der Waals surface area contributed by atoms with E-state index >= 15 is 0 Å². The van der Waals surface area contributed by atoms with Crippen molar-refractivity contribution in [1.82, 2.24) is 20.1 Å². The summed E-state index contributed by atoms with van der Waals surface area (Å²) in [4.78, 5) is 13.4. The minimum atomic E-state index is -0.365. The summed E-state index contributed by atoms with van der Waals surface area (Å²) < 4.78 is 7.44. The average molecular weight is 496 g/mol. The van der Waals surface area contributed by atoms with Gasteiger partial charge in [0.2, 0.25) is 0 Å². The van der Waals surface area contributed by atoms with Gasteiger partial charge >= 0.3 is 0 Å². The Hall–Kier alpha value is -4.27. The van der Waals surface area contributed by atoms with Crippen molar-refractivity contribution >= 4 is 11.6 Å². The highest BCUT2D eigenvalue weighted by Gasteiger charge is 2.36. The topological polar surface area (TPSA) is 92.0 Å². The van der Waals surface area contributed by atoms with Crippen molar-refractivity contribution in [2.24, 2.45) is 5.10 Å². The number of aromatic nitrogens is 2. The number of para-hydroxylation sites is 2. The molecule has 0 saturated carbocycles. The second-order valence-electron chi connectivity index (χ2n) is 8.68. The molecule has 1 atom stereocenters. The van der Waals surface area contributed by atoms with E-state index < -0.39 is 0 Å². The number of carbonyl (C=O) groups is 1. The second-order valence-corrected chi connectivity index (χ2v) is 8.68. The van der Waals surface area contributed by atoms with Crippen LogP contribution in [-0.4, -0.2) is 58.3 Å². The van der Waals surface area contributed by atoms with Gasteiger partial charge in [0, 0.05) is 35.9 Å². The van der Waals surface area contributed by atoms with Gasteiger partial charge in [-0.2, -0.15) is 10.2 Å². The molecular weight excluding hydrogens is 466 g/mol. The van der Waals surface area contributed by atoms with Gasteiger partial charge in [0.15, 0.2) is 0 Å². The molecule has 0 fully saturated rings. The number of hydrogen-bond acceptors (Lipinski definition) is 6. The molecule has 3 aromatic carbocycles.